The molecule has 0 N–H and O–H groups in total. The largest absolute Gasteiger partial charge is 0.341 e. The van der Waals surface area contributed by atoms with Crippen molar-refractivity contribution in [2.45, 2.75) is 39.8 Å². The minimum atomic E-state index is -0.290. The Bertz CT molecular complexity index is 1250. The van der Waals surface area contributed by atoms with Gasteiger partial charge >= 0.3 is 0 Å². The van der Waals surface area contributed by atoms with Gasteiger partial charge in [-0.15, -0.1) is 0 Å². The van der Waals surface area contributed by atoms with Gasteiger partial charge in [-0.25, -0.2) is 0 Å². The first-order valence-corrected chi connectivity index (χ1v) is 11.2. The molecule has 1 saturated heterocycles. The molecule has 5 rings (SSSR count). The molecule has 166 valence electrons. The fourth-order valence-corrected chi connectivity index (χ4v) is 4.72. The van der Waals surface area contributed by atoms with Crippen molar-refractivity contribution in [3.05, 3.63) is 58.0 Å². The number of aromatic nitrogens is 3. The normalized spacial score (nSPS) is 15.9. The molecule has 3 aromatic rings. The van der Waals surface area contributed by atoms with E-state index in [2.05, 4.69) is 5.10 Å². The number of hydrogen-bond donors (Lipinski definition) is 0. The number of benzene rings is 1. The van der Waals surface area contributed by atoms with Crippen LogP contribution >= 0.6 is 0 Å². The predicted molar refractivity (Wildman–Crippen MR) is 120 cm³/mol. The summed E-state index contributed by atoms with van der Waals surface area (Å²) < 4.78 is 3.06. The molecule has 0 atom stereocenters. The lowest BCUT2D eigenvalue weighted by Crippen LogP contribution is -2.34. The monoisotopic (exact) mass is 433 g/mol. The highest BCUT2D eigenvalue weighted by atomic mass is 16.2. The van der Waals surface area contributed by atoms with E-state index in [-0.39, 0.29) is 36.4 Å². The van der Waals surface area contributed by atoms with E-state index in [4.69, 9.17) is 0 Å². The Morgan fingerprint density at radius 3 is 2.50 bits per heavy atom. The molecule has 2 aromatic heterocycles. The molecule has 2 amide bonds. The second-order valence-electron chi connectivity index (χ2n) is 9.05. The molecule has 32 heavy (non-hydrogen) atoms. The highest BCUT2D eigenvalue weighted by Crippen LogP contribution is 2.26. The van der Waals surface area contributed by atoms with E-state index in [1.807, 2.05) is 49.1 Å². The van der Waals surface area contributed by atoms with Crippen molar-refractivity contribution in [1.29, 1.82) is 0 Å². The van der Waals surface area contributed by atoms with Crippen LogP contribution in [0, 0.1) is 5.92 Å². The van der Waals surface area contributed by atoms with Gasteiger partial charge in [-0.2, -0.15) is 9.61 Å². The summed E-state index contributed by atoms with van der Waals surface area (Å²) in [5.41, 5.74) is 2.44. The number of carbonyl (C=O) groups is 2. The Morgan fingerprint density at radius 2 is 1.81 bits per heavy atom. The average Bonchev–Trinajstić information content (AvgIpc) is 3.52. The van der Waals surface area contributed by atoms with Gasteiger partial charge in [-0.1, -0.05) is 44.2 Å². The zero-order valence-corrected chi connectivity index (χ0v) is 18.5. The first-order valence-electron chi connectivity index (χ1n) is 11.2. The number of nitrogens with zero attached hydrogens (tertiary/aromatic N) is 5. The van der Waals surface area contributed by atoms with Crippen molar-refractivity contribution >= 4 is 17.5 Å². The van der Waals surface area contributed by atoms with Crippen LogP contribution in [0.3, 0.4) is 0 Å². The second kappa shape index (κ2) is 7.93. The third kappa shape index (κ3) is 3.39. The summed E-state index contributed by atoms with van der Waals surface area (Å²) in [6, 6.07) is 11.4. The van der Waals surface area contributed by atoms with Crippen LogP contribution < -0.4 is 5.56 Å². The number of fused-ring (bicyclic) bond motifs is 2. The fourth-order valence-electron chi connectivity index (χ4n) is 4.72. The van der Waals surface area contributed by atoms with E-state index in [0.717, 1.165) is 31.5 Å². The van der Waals surface area contributed by atoms with Gasteiger partial charge < -0.3 is 14.4 Å². The predicted octanol–water partition coefficient (Wildman–Crippen LogP) is 2.40. The van der Waals surface area contributed by atoms with Gasteiger partial charge in [0.05, 0.1) is 17.8 Å². The molecule has 0 aliphatic carbocycles. The maximum absolute atomic E-state index is 13.3. The lowest BCUT2D eigenvalue weighted by atomic mass is 10.1. The van der Waals surface area contributed by atoms with Gasteiger partial charge in [-0.05, 0) is 18.8 Å². The third-order valence-electron chi connectivity index (χ3n) is 6.22. The molecule has 8 heteroatoms. The maximum Gasteiger partial charge on any atom is 0.280 e. The van der Waals surface area contributed by atoms with Crippen LogP contribution in [-0.4, -0.2) is 55.4 Å². The molecule has 2 aliphatic heterocycles. The van der Waals surface area contributed by atoms with Gasteiger partial charge in [-0.3, -0.25) is 14.4 Å². The lowest BCUT2D eigenvalue weighted by molar-refractivity contribution is -0.130. The summed E-state index contributed by atoms with van der Waals surface area (Å²) in [4.78, 5) is 43.3. The number of rotatable bonds is 5. The smallest absolute Gasteiger partial charge is 0.280 e. The molecule has 1 aromatic carbocycles. The molecular weight excluding hydrogens is 406 g/mol. The number of likely N-dealkylation sites (tertiary alicyclic amines) is 1. The van der Waals surface area contributed by atoms with E-state index < -0.39 is 0 Å². The Labute approximate surface area is 186 Å². The molecular formula is C24H27N5O3. The van der Waals surface area contributed by atoms with Crippen molar-refractivity contribution in [2.24, 2.45) is 5.92 Å². The molecule has 4 heterocycles. The second-order valence-corrected chi connectivity index (χ2v) is 9.05. The van der Waals surface area contributed by atoms with E-state index >= 15 is 0 Å². The minimum absolute atomic E-state index is 0.0211. The zero-order valence-electron chi connectivity index (χ0n) is 18.5. The Morgan fingerprint density at radius 1 is 1.09 bits per heavy atom. The van der Waals surface area contributed by atoms with E-state index in [0.29, 0.717) is 29.1 Å². The highest BCUT2D eigenvalue weighted by Gasteiger charge is 2.35. The maximum atomic E-state index is 13.3. The molecule has 0 saturated carbocycles. The average molecular weight is 434 g/mol. The van der Waals surface area contributed by atoms with Crippen LogP contribution in [0.2, 0.25) is 0 Å². The molecule has 0 bridgehead atoms. The molecule has 0 unspecified atom stereocenters. The summed E-state index contributed by atoms with van der Waals surface area (Å²) >= 11 is 0. The minimum Gasteiger partial charge on any atom is -0.341 e. The van der Waals surface area contributed by atoms with Crippen molar-refractivity contribution in [3.63, 3.8) is 0 Å². The lowest BCUT2D eigenvalue weighted by Gasteiger charge is -2.20. The molecule has 8 nitrogen and oxygen atoms in total. The van der Waals surface area contributed by atoms with Gasteiger partial charge in [0, 0.05) is 31.3 Å². The van der Waals surface area contributed by atoms with Crippen molar-refractivity contribution < 1.29 is 9.59 Å². The van der Waals surface area contributed by atoms with Crippen LogP contribution in [0.5, 0.6) is 0 Å². The molecule has 0 radical (unpaired) electrons. The van der Waals surface area contributed by atoms with Crippen LogP contribution in [0.25, 0.3) is 16.9 Å². The fraction of sp³-hybridized carbons (Fsp3) is 0.417. The Hall–Kier alpha value is -3.42. The van der Waals surface area contributed by atoms with Gasteiger partial charge in [0.15, 0.2) is 0 Å². The summed E-state index contributed by atoms with van der Waals surface area (Å²) in [5, 5.41) is 4.57. The van der Waals surface area contributed by atoms with Crippen molar-refractivity contribution in [2.75, 3.05) is 19.6 Å². The number of amides is 2. The zero-order chi connectivity index (χ0) is 22.4. The summed E-state index contributed by atoms with van der Waals surface area (Å²) in [7, 11) is 0. The van der Waals surface area contributed by atoms with Crippen LogP contribution in [0.4, 0.5) is 0 Å². The van der Waals surface area contributed by atoms with Crippen molar-refractivity contribution in [3.8, 4) is 11.3 Å². The van der Waals surface area contributed by atoms with Crippen LogP contribution in [0.1, 0.15) is 42.7 Å². The van der Waals surface area contributed by atoms with Crippen LogP contribution in [-0.2, 0) is 17.9 Å². The first-order chi connectivity index (χ1) is 15.4. The number of hydrogen-bond acceptors (Lipinski definition) is 4. The molecule has 0 spiro atoms. The standard InChI is InChI=1S/C24H27N5O3/c1-16(2)13-27-14-18-22(24(27)32)28(15-21(30)26-10-6-7-11-26)20-12-19(25-29(20)23(18)31)17-8-4-3-5-9-17/h3-5,8-9,12,16H,6-7,10-11,13-15H2,1-2H3. The topological polar surface area (TPSA) is 79.9 Å². The summed E-state index contributed by atoms with van der Waals surface area (Å²) in [5.74, 6) is 0.0506. The highest BCUT2D eigenvalue weighted by molar-refractivity contribution is 5.98. The molecule has 2 aliphatic rings. The van der Waals surface area contributed by atoms with Gasteiger partial charge in [0.1, 0.15) is 17.9 Å². The van der Waals surface area contributed by atoms with E-state index in [9.17, 15) is 14.4 Å². The molecule has 1 fully saturated rings. The first kappa shape index (κ1) is 20.5. The van der Waals surface area contributed by atoms with E-state index in [1.54, 1.807) is 15.5 Å². The summed E-state index contributed by atoms with van der Waals surface area (Å²) in [6.07, 6.45) is 1.99. The number of carbonyl (C=O) groups excluding carboxylic acids is 2. The SMILES string of the molecule is CC(C)CN1Cc2c(n(CC(=O)N3CCCC3)c3cc(-c4ccccc4)nn3c2=O)C1=O. The summed E-state index contributed by atoms with van der Waals surface area (Å²) in [6.45, 7) is 6.38. The van der Waals surface area contributed by atoms with Crippen molar-refractivity contribution in [1.82, 2.24) is 24.0 Å². The Balaban J connectivity index is 1.67. The quantitative estimate of drug-likeness (QED) is 0.619. The van der Waals surface area contributed by atoms with Gasteiger partial charge in [0.2, 0.25) is 5.91 Å². The van der Waals surface area contributed by atoms with Gasteiger partial charge in [0.25, 0.3) is 11.5 Å². The van der Waals surface area contributed by atoms with E-state index in [1.165, 1.54) is 4.52 Å². The Kier molecular flexibility index (Phi) is 5.07. The third-order valence-corrected chi connectivity index (χ3v) is 6.22. The van der Waals surface area contributed by atoms with Crippen LogP contribution in [0.15, 0.2) is 41.2 Å².